The van der Waals surface area contributed by atoms with Crippen LogP contribution >= 0.6 is 0 Å². The van der Waals surface area contributed by atoms with E-state index in [0.29, 0.717) is 11.8 Å². The third-order valence-corrected chi connectivity index (χ3v) is 6.70. The first-order valence-corrected chi connectivity index (χ1v) is 11.2. The highest BCUT2D eigenvalue weighted by molar-refractivity contribution is 5.78. The molecule has 0 spiro atoms. The maximum Gasteiger partial charge on any atom is 0.222 e. The van der Waals surface area contributed by atoms with Gasteiger partial charge in [0.05, 0.1) is 0 Å². The van der Waals surface area contributed by atoms with Crippen molar-refractivity contribution in [2.45, 2.75) is 32.2 Å². The van der Waals surface area contributed by atoms with Crippen molar-refractivity contribution in [1.82, 2.24) is 19.6 Å². The number of rotatable bonds is 7. The Bertz CT molecular complexity index is 614. The SMILES string of the molecule is O=C1CCCN1CC1CCCN(CCN2CCN(Cc3ccccc3)CC2)C1. The molecule has 0 radical (unpaired) electrons. The maximum absolute atomic E-state index is 11.9. The summed E-state index contributed by atoms with van der Waals surface area (Å²) in [4.78, 5) is 21.9. The first-order chi connectivity index (χ1) is 13.8. The minimum atomic E-state index is 0.380. The van der Waals surface area contributed by atoms with Gasteiger partial charge in [-0.15, -0.1) is 0 Å². The van der Waals surface area contributed by atoms with Crippen molar-refractivity contribution in [1.29, 1.82) is 0 Å². The minimum Gasteiger partial charge on any atom is -0.342 e. The summed E-state index contributed by atoms with van der Waals surface area (Å²) < 4.78 is 0. The second-order valence-electron chi connectivity index (χ2n) is 8.86. The van der Waals surface area contributed by atoms with Crippen LogP contribution in [0.1, 0.15) is 31.2 Å². The summed E-state index contributed by atoms with van der Waals surface area (Å²) >= 11 is 0. The van der Waals surface area contributed by atoms with E-state index in [4.69, 9.17) is 0 Å². The van der Waals surface area contributed by atoms with Crippen LogP contribution in [0.3, 0.4) is 0 Å². The number of hydrogen-bond donors (Lipinski definition) is 0. The molecule has 1 aromatic carbocycles. The number of carbonyl (C=O) groups is 1. The van der Waals surface area contributed by atoms with Crippen molar-refractivity contribution in [2.24, 2.45) is 5.92 Å². The Morgan fingerprint density at radius 3 is 2.32 bits per heavy atom. The molecule has 1 amide bonds. The van der Waals surface area contributed by atoms with Gasteiger partial charge in [-0.05, 0) is 37.3 Å². The molecule has 5 nitrogen and oxygen atoms in total. The highest BCUT2D eigenvalue weighted by atomic mass is 16.2. The van der Waals surface area contributed by atoms with Crippen molar-refractivity contribution < 1.29 is 4.79 Å². The van der Waals surface area contributed by atoms with Gasteiger partial charge in [0.2, 0.25) is 5.91 Å². The lowest BCUT2D eigenvalue weighted by Crippen LogP contribution is -2.49. The molecule has 0 aromatic heterocycles. The maximum atomic E-state index is 11.9. The number of hydrogen-bond acceptors (Lipinski definition) is 4. The number of benzene rings is 1. The predicted octanol–water partition coefficient (Wildman–Crippen LogP) is 2.14. The summed E-state index contributed by atoms with van der Waals surface area (Å²) in [5.41, 5.74) is 1.42. The molecule has 3 saturated heterocycles. The van der Waals surface area contributed by atoms with Gasteiger partial charge in [-0.1, -0.05) is 30.3 Å². The highest BCUT2D eigenvalue weighted by Crippen LogP contribution is 2.20. The Morgan fingerprint density at radius 1 is 0.821 bits per heavy atom. The Morgan fingerprint density at radius 2 is 1.57 bits per heavy atom. The number of piperidine rings is 1. The van der Waals surface area contributed by atoms with E-state index in [1.165, 1.54) is 70.8 Å². The van der Waals surface area contributed by atoms with E-state index in [2.05, 4.69) is 49.9 Å². The molecular formula is C23H36N4O. The molecule has 0 saturated carbocycles. The molecule has 1 unspecified atom stereocenters. The van der Waals surface area contributed by atoms with Crippen LogP contribution in [0.4, 0.5) is 0 Å². The van der Waals surface area contributed by atoms with E-state index in [-0.39, 0.29) is 0 Å². The largest absolute Gasteiger partial charge is 0.342 e. The van der Waals surface area contributed by atoms with Crippen LogP contribution in [0.5, 0.6) is 0 Å². The van der Waals surface area contributed by atoms with Crippen LogP contribution in [-0.2, 0) is 11.3 Å². The van der Waals surface area contributed by atoms with Crippen LogP contribution in [0, 0.1) is 5.92 Å². The first-order valence-electron chi connectivity index (χ1n) is 11.2. The number of likely N-dealkylation sites (tertiary alicyclic amines) is 2. The standard InChI is InChI=1S/C23H36N4O/c28-23-9-5-11-27(23)20-22-8-4-10-25(19-22)15-12-24-13-16-26(17-14-24)18-21-6-2-1-3-7-21/h1-3,6-7,22H,4-5,8-20H2. The van der Waals surface area contributed by atoms with Crippen molar-refractivity contribution >= 4 is 5.91 Å². The third kappa shape index (κ3) is 5.56. The van der Waals surface area contributed by atoms with Gasteiger partial charge < -0.3 is 9.80 Å². The molecule has 154 valence electrons. The zero-order chi connectivity index (χ0) is 19.2. The second-order valence-corrected chi connectivity index (χ2v) is 8.86. The fraction of sp³-hybridized carbons (Fsp3) is 0.696. The van der Waals surface area contributed by atoms with Gasteiger partial charge in [0.15, 0.2) is 0 Å². The van der Waals surface area contributed by atoms with Gasteiger partial charge in [0, 0.05) is 71.9 Å². The minimum absolute atomic E-state index is 0.380. The Kier molecular flexibility index (Phi) is 7.00. The van der Waals surface area contributed by atoms with Gasteiger partial charge in [0.25, 0.3) is 0 Å². The monoisotopic (exact) mass is 384 g/mol. The van der Waals surface area contributed by atoms with E-state index < -0.39 is 0 Å². The molecule has 0 bridgehead atoms. The lowest BCUT2D eigenvalue weighted by Gasteiger charge is -2.38. The van der Waals surface area contributed by atoms with Gasteiger partial charge in [-0.2, -0.15) is 0 Å². The molecule has 28 heavy (non-hydrogen) atoms. The van der Waals surface area contributed by atoms with Crippen molar-refractivity contribution in [3.05, 3.63) is 35.9 Å². The van der Waals surface area contributed by atoms with Gasteiger partial charge in [0.1, 0.15) is 0 Å². The zero-order valence-corrected chi connectivity index (χ0v) is 17.3. The Hall–Kier alpha value is -1.43. The normalized spacial score (nSPS) is 25.5. The van der Waals surface area contributed by atoms with Crippen molar-refractivity contribution in [2.75, 3.05) is 65.4 Å². The fourth-order valence-corrected chi connectivity index (χ4v) is 5.01. The average Bonchev–Trinajstić information content (AvgIpc) is 3.13. The van der Waals surface area contributed by atoms with Crippen LogP contribution in [0.15, 0.2) is 30.3 Å². The second kappa shape index (κ2) is 9.86. The average molecular weight is 385 g/mol. The highest BCUT2D eigenvalue weighted by Gasteiger charge is 2.27. The molecule has 0 aliphatic carbocycles. The molecule has 3 fully saturated rings. The summed E-state index contributed by atoms with van der Waals surface area (Å²) in [6.07, 6.45) is 4.41. The molecule has 3 aliphatic rings. The molecule has 3 aliphatic heterocycles. The third-order valence-electron chi connectivity index (χ3n) is 6.70. The summed E-state index contributed by atoms with van der Waals surface area (Å²) in [5.74, 6) is 1.06. The lowest BCUT2D eigenvalue weighted by atomic mass is 9.97. The van der Waals surface area contributed by atoms with Crippen LogP contribution < -0.4 is 0 Å². The molecule has 0 N–H and O–H groups in total. The van der Waals surface area contributed by atoms with Crippen molar-refractivity contribution in [3.8, 4) is 0 Å². The number of nitrogens with zero attached hydrogens (tertiary/aromatic N) is 4. The Labute approximate surface area is 170 Å². The Balaban J connectivity index is 1.14. The molecule has 3 heterocycles. The smallest absolute Gasteiger partial charge is 0.222 e. The first kappa shape index (κ1) is 19.9. The predicted molar refractivity (Wildman–Crippen MR) is 113 cm³/mol. The molecule has 1 atom stereocenters. The quantitative estimate of drug-likeness (QED) is 0.721. The molecule has 4 rings (SSSR count). The van der Waals surface area contributed by atoms with E-state index in [0.717, 1.165) is 32.5 Å². The van der Waals surface area contributed by atoms with Crippen LogP contribution in [-0.4, -0.2) is 91.0 Å². The van der Waals surface area contributed by atoms with E-state index in [9.17, 15) is 4.79 Å². The van der Waals surface area contributed by atoms with Gasteiger partial charge in [-0.25, -0.2) is 0 Å². The summed E-state index contributed by atoms with van der Waals surface area (Å²) in [7, 11) is 0. The lowest BCUT2D eigenvalue weighted by molar-refractivity contribution is -0.128. The summed E-state index contributed by atoms with van der Waals surface area (Å²) in [6, 6.07) is 10.8. The molecular weight excluding hydrogens is 348 g/mol. The van der Waals surface area contributed by atoms with Crippen molar-refractivity contribution in [3.63, 3.8) is 0 Å². The summed E-state index contributed by atoms with van der Waals surface area (Å²) in [5, 5.41) is 0. The summed E-state index contributed by atoms with van der Waals surface area (Å²) in [6.45, 7) is 12.6. The number of amides is 1. The van der Waals surface area contributed by atoms with Gasteiger partial charge >= 0.3 is 0 Å². The van der Waals surface area contributed by atoms with Gasteiger partial charge in [-0.3, -0.25) is 14.6 Å². The zero-order valence-electron chi connectivity index (χ0n) is 17.3. The van der Waals surface area contributed by atoms with Crippen LogP contribution in [0.2, 0.25) is 0 Å². The molecule has 5 heteroatoms. The van der Waals surface area contributed by atoms with E-state index in [1.54, 1.807) is 0 Å². The topological polar surface area (TPSA) is 30.0 Å². The van der Waals surface area contributed by atoms with E-state index in [1.807, 2.05) is 0 Å². The molecule has 1 aromatic rings. The number of piperazine rings is 1. The number of carbonyl (C=O) groups excluding carboxylic acids is 1. The van der Waals surface area contributed by atoms with Crippen LogP contribution in [0.25, 0.3) is 0 Å². The fourth-order valence-electron chi connectivity index (χ4n) is 5.01. The van der Waals surface area contributed by atoms with E-state index >= 15 is 0 Å².